The third-order valence-electron chi connectivity index (χ3n) is 3.26. The normalized spacial score (nSPS) is 10.4. The molecule has 3 rings (SSSR count). The Balaban J connectivity index is 1.82. The van der Waals surface area contributed by atoms with Crippen molar-refractivity contribution >= 4 is 17.6 Å². The summed E-state index contributed by atoms with van der Waals surface area (Å²) in [4.78, 5) is 23.0. The van der Waals surface area contributed by atoms with Gasteiger partial charge in [0, 0.05) is 17.4 Å². The van der Waals surface area contributed by atoms with Gasteiger partial charge in [0.1, 0.15) is 5.82 Å². The average molecular weight is 325 g/mol. The Morgan fingerprint density at radius 1 is 1.08 bits per heavy atom. The highest BCUT2D eigenvalue weighted by Crippen LogP contribution is 2.16. The minimum absolute atomic E-state index is 0.0794. The molecule has 1 amide bonds. The van der Waals surface area contributed by atoms with Gasteiger partial charge in [-0.15, -0.1) is 0 Å². The molecule has 3 aromatic rings. The van der Waals surface area contributed by atoms with Gasteiger partial charge in [0.15, 0.2) is 5.69 Å². The average Bonchev–Trinajstić information content (AvgIpc) is 3.05. The van der Waals surface area contributed by atoms with Gasteiger partial charge in [0.25, 0.3) is 5.91 Å². The van der Waals surface area contributed by atoms with Crippen LogP contribution in [0, 0.1) is 5.82 Å². The van der Waals surface area contributed by atoms with Crippen LogP contribution in [0.25, 0.3) is 5.69 Å². The van der Waals surface area contributed by atoms with E-state index in [2.05, 4.69) is 10.4 Å². The molecule has 2 aromatic carbocycles. The minimum atomic E-state index is -1.12. The molecule has 2 N–H and O–H groups in total. The van der Waals surface area contributed by atoms with Gasteiger partial charge in [-0.25, -0.2) is 13.9 Å². The van der Waals surface area contributed by atoms with Crippen molar-refractivity contribution in [2.45, 2.75) is 0 Å². The van der Waals surface area contributed by atoms with Crippen molar-refractivity contribution in [3.05, 3.63) is 77.9 Å². The van der Waals surface area contributed by atoms with E-state index in [1.54, 1.807) is 24.3 Å². The van der Waals surface area contributed by atoms with Crippen molar-refractivity contribution in [3.63, 3.8) is 0 Å². The quantitative estimate of drug-likeness (QED) is 0.772. The summed E-state index contributed by atoms with van der Waals surface area (Å²) in [5.74, 6) is -2.06. The van der Waals surface area contributed by atoms with Crippen LogP contribution < -0.4 is 5.32 Å². The Morgan fingerprint density at radius 3 is 2.58 bits per heavy atom. The molecule has 24 heavy (non-hydrogen) atoms. The summed E-state index contributed by atoms with van der Waals surface area (Å²) in [5.41, 5.74) is 1.19. The summed E-state index contributed by atoms with van der Waals surface area (Å²) in [6.45, 7) is 0. The highest BCUT2D eigenvalue weighted by atomic mass is 19.1. The number of amides is 1. The number of anilines is 1. The Morgan fingerprint density at radius 2 is 1.88 bits per heavy atom. The highest BCUT2D eigenvalue weighted by Gasteiger charge is 2.10. The second kappa shape index (κ2) is 6.33. The minimum Gasteiger partial charge on any atom is -0.476 e. The molecule has 0 aliphatic heterocycles. The zero-order chi connectivity index (χ0) is 17.1. The third-order valence-corrected chi connectivity index (χ3v) is 3.26. The first-order chi connectivity index (χ1) is 11.5. The number of aromatic carboxylic acids is 1. The number of carbonyl (C=O) groups excluding carboxylic acids is 1. The number of rotatable bonds is 4. The summed E-state index contributed by atoms with van der Waals surface area (Å²) in [6.07, 6.45) is 1.51. The van der Waals surface area contributed by atoms with Gasteiger partial charge in [0.05, 0.1) is 5.69 Å². The summed E-state index contributed by atoms with van der Waals surface area (Å²) in [6, 6.07) is 13.5. The van der Waals surface area contributed by atoms with Crippen molar-refractivity contribution in [2.24, 2.45) is 0 Å². The van der Waals surface area contributed by atoms with Gasteiger partial charge >= 0.3 is 5.97 Å². The SMILES string of the molecule is O=C(Nc1cccc(-n2ccc(C(=O)O)n2)c1)c1cccc(F)c1. The molecule has 120 valence electrons. The number of carboxylic acids is 1. The smallest absolute Gasteiger partial charge is 0.356 e. The number of hydrogen-bond acceptors (Lipinski definition) is 3. The maximum Gasteiger partial charge on any atom is 0.356 e. The molecule has 1 heterocycles. The topological polar surface area (TPSA) is 84.2 Å². The molecular weight excluding hydrogens is 313 g/mol. The van der Waals surface area contributed by atoms with Crippen LogP contribution >= 0.6 is 0 Å². The number of nitrogens with one attached hydrogen (secondary N) is 1. The Bertz CT molecular complexity index is 921. The summed E-state index contributed by atoms with van der Waals surface area (Å²) in [7, 11) is 0. The van der Waals surface area contributed by atoms with E-state index in [0.717, 1.165) is 6.07 Å². The number of nitrogens with zero attached hydrogens (tertiary/aromatic N) is 2. The molecule has 0 aliphatic rings. The Hall–Kier alpha value is -3.48. The lowest BCUT2D eigenvalue weighted by Crippen LogP contribution is -2.12. The fourth-order valence-electron chi connectivity index (χ4n) is 2.14. The molecular formula is C17H12FN3O3. The molecule has 0 unspecified atom stereocenters. The predicted octanol–water partition coefficient (Wildman–Crippen LogP) is 2.96. The molecule has 0 radical (unpaired) electrons. The zero-order valence-electron chi connectivity index (χ0n) is 12.3. The summed E-state index contributed by atoms with van der Waals surface area (Å²) in [5, 5.41) is 15.5. The summed E-state index contributed by atoms with van der Waals surface area (Å²) >= 11 is 0. The number of aromatic nitrogens is 2. The molecule has 0 saturated carbocycles. The highest BCUT2D eigenvalue weighted by molar-refractivity contribution is 6.04. The van der Waals surface area contributed by atoms with E-state index >= 15 is 0 Å². The second-order valence-electron chi connectivity index (χ2n) is 4.97. The Kier molecular flexibility index (Phi) is 4.07. The molecule has 1 aromatic heterocycles. The van der Waals surface area contributed by atoms with Crippen LogP contribution in [-0.2, 0) is 0 Å². The number of carbonyl (C=O) groups is 2. The molecule has 0 atom stereocenters. The van der Waals surface area contributed by atoms with E-state index < -0.39 is 17.7 Å². The first-order valence-electron chi connectivity index (χ1n) is 6.99. The van der Waals surface area contributed by atoms with E-state index in [-0.39, 0.29) is 11.3 Å². The van der Waals surface area contributed by atoms with Crippen LogP contribution in [-0.4, -0.2) is 26.8 Å². The van der Waals surface area contributed by atoms with Gasteiger partial charge in [-0.05, 0) is 42.5 Å². The maximum atomic E-state index is 13.2. The molecule has 0 saturated heterocycles. The van der Waals surface area contributed by atoms with Crippen LogP contribution in [0.5, 0.6) is 0 Å². The molecule has 0 bridgehead atoms. The molecule has 0 fully saturated rings. The lowest BCUT2D eigenvalue weighted by atomic mass is 10.2. The lowest BCUT2D eigenvalue weighted by molar-refractivity contribution is 0.0689. The van der Waals surface area contributed by atoms with Gasteiger partial charge in [-0.3, -0.25) is 4.79 Å². The number of hydrogen-bond donors (Lipinski definition) is 2. The largest absolute Gasteiger partial charge is 0.476 e. The number of carboxylic acid groups (broad SMARTS) is 1. The van der Waals surface area contributed by atoms with Crippen molar-refractivity contribution in [2.75, 3.05) is 5.32 Å². The van der Waals surface area contributed by atoms with Crippen LogP contribution in [0.1, 0.15) is 20.8 Å². The maximum absolute atomic E-state index is 13.2. The molecule has 0 aliphatic carbocycles. The molecule has 6 nitrogen and oxygen atoms in total. The number of benzene rings is 2. The van der Waals surface area contributed by atoms with Crippen LogP contribution in [0.4, 0.5) is 10.1 Å². The van der Waals surface area contributed by atoms with Crippen LogP contribution in [0.15, 0.2) is 60.8 Å². The first kappa shape index (κ1) is 15.4. The van der Waals surface area contributed by atoms with E-state index in [4.69, 9.17) is 5.11 Å². The fourth-order valence-corrected chi connectivity index (χ4v) is 2.14. The standard InChI is InChI=1S/C17H12FN3O3/c18-12-4-1-3-11(9-12)16(22)19-13-5-2-6-14(10-13)21-8-7-15(20-21)17(23)24/h1-10H,(H,19,22)(H,23,24). The van der Waals surface area contributed by atoms with E-state index in [1.807, 2.05) is 0 Å². The first-order valence-corrected chi connectivity index (χ1v) is 6.99. The molecule has 0 spiro atoms. The van der Waals surface area contributed by atoms with Crippen LogP contribution in [0.2, 0.25) is 0 Å². The summed E-state index contributed by atoms with van der Waals surface area (Å²) < 4.78 is 14.6. The second-order valence-corrected chi connectivity index (χ2v) is 4.97. The Labute approximate surface area is 136 Å². The van der Waals surface area contributed by atoms with E-state index in [0.29, 0.717) is 11.4 Å². The number of halogens is 1. The van der Waals surface area contributed by atoms with Gasteiger partial charge in [-0.2, -0.15) is 5.10 Å². The van der Waals surface area contributed by atoms with Crippen molar-refractivity contribution in [1.29, 1.82) is 0 Å². The van der Waals surface area contributed by atoms with Gasteiger partial charge < -0.3 is 10.4 Å². The van der Waals surface area contributed by atoms with Gasteiger partial charge in [-0.1, -0.05) is 12.1 Å². The van der Waals surface area contributed by atoms with Crippen molar-refractivity contribution in [3.8, 4) is 5.69 Å². The lowest BCUT2D eigenvalue weighted by Gasteiger charge is -2.08. The monoisotopic (exact) mass is 325 g/mol. The predicted molar refractivity (Wildman–Crippen MR) is 84.9 cm³/mol. The fraction of sp³-hybridized carbons (Fsp3) is 0. The molecule has 7 heteroatoms. The van der Waals surface area contributed by atoms with Gasteiger partial charge in [0.2, 0.25) is 0 Å². The van der Waals surface area contributed by atoms with Crippen molar-refractivity contribution < 1.29 is 19.1 Å². The van der Waals surface area contributed by atoms with E-state index in [9.17, 15) is 14.0 Å². The van der Waals surface area contributed by atoms with Crippen molar-refractivity contribution in [1.82, 2.24) is 9.78 Å². The van der Waals surface area contributed by atoms with Crippen LogP contribution in [0.3, 0.4) is 0 Å². The zero-order valence-corrected chi connectivity index (χ0v) is 12.3. The third kappa shape index (κ3) is 3.30. The van der Waals surface area contributed by atoms with E-state index in [1.165, 1.54) is 35.1 Å².